The van der Waals surface area contributed by atoms with Crippen molar-refractivity contribution in [1.29, 1.82) is 0 Å². The zero-order valence-corrected chi connectivity index (χ0v) is 18.7. The zero-order valence-electron chi connectivity index (χ0n) is 17.2. The topological polar surface area (TPSA) is 151 Å². The Balaban J connectivity index is 1.55. The van der Waals surface area contributed by atoms with Crippen LogP contribution in [0.1, 0.15) is 24.1 Å². The van der Waals surface area contributed by atoms with Gasteiger partial charge in [-0.05, 0) is 36.7 Å². The number of nitrogens with zero attached hydrogens (tertiary/aromatic N) is 4. The Morgan fingerprint density at radius 2 is 2.15 bits per heavy atom. The number of amides is 1. The van der Waals surface area contributed by atoms with Gasteiger partial charge in [0.25, 0.3) is 10.2 Å². The number of benzene rings is 1. The maximum atomic E-state index is 14.9. The summed E-state index contributed by atoms with van der Waals surface area (Å²) in [4.78, 5) is 21.5. The quantitative estimate of drug-likeness (QED) is 0.450. The zero-order chi connectivity index (χ0) is 23.8. The van der Waals surface area contributed by atoms with Gasteiger partial charge in [-0.15, -0.1) is 5.10 Å². The van der Waals surface area contributed by atoms with Crippen LogP contribution < -0.4 is 18.9 Å². The van der Waals surface area contributed by atoms with Crippen LogP contribution in [0.5, 0.6) is 17.5 Å². The third kappa shape index (κ3) is 4.81. The second-order valence-corrected chi connectivity index (χ2v) is 8.78. The molecule has 1 aliphatic heterocycles. The molecule has 33 heavy (non-hydrogen) atoms. The summed E-state index contributed by atoms with van der Waals surface area (Å²) in [6, 6.07) is 5.77. The van der Waals surface area contributed by atoms with E-state index >= 15 is 0 Å². The summed E-state index contributed by atoms with van der Waals surface area (Å²) < 4.78 is 53.1. The standard InChI is InChI=1S/C18H17ClFN7O5S/c1-9-12-4-3-11(31-17-23-16(19)24-25-17)7-13(12)32-18(28)27(9)8-10-5-6-22-15(14(10)20)26-33(29,30)21-2/h3-7,9,21H,8H2,1-2H3,(H,22,26)(H,23,24,25)/t9-/m0/s1. The van der Waals surface area contributed by atoms with E-state index in [-0.39, 0.29) is 29.2 Å². The van der Waals surface area contributed by atoms with E-state index in [1.54, 1.807) is 19.1 Å². The number of hydrogen-bond donors (Lipinski definition) is 3. The van der Waals surface area contributed by atoms with Crippen LogP contribution >= 0.6 is 11.6 Å². The normalized spacial score (nSPS) is 15.7. The summed E-state index contributed by atoms with van der Waals surface area (Å²) in [5, 5.41) is 6.13. The van der Waals surface area contributed by atoms with Gasteiger partial charge >= 0.3 is 12.1 Å². The van der Waals surface area contributed by atoms with E-state index in [0.717, 1.165) is 0 Å². The number of fused-ring (bicyclic) bond motifs is 1. The van der Waals surface area contributed by atoms with Crippen molar-refractivity contribution < 1.29 is 27.1 Å². The van der Waals surface area contributed by atoms with Gasteiger partial charge in [-0.2, -0.15) is 13.4 Å². The number of pyridine rings is 1. The smallest absolute Gasteiger partial charge is 0.416 e. The van der Waals surface area contributed by atoms with Gasteiger partial charge in [0.15, 0.2) is 11.6 Å². The minimum absolute atomic E-state index is 0.0103. The SMILES string of the molecule is CNS(=O)(=O)Nc1nccc(CN2C(=O)Oc3cc(Oc4nc(Cl)n[nH]4)ccc3[C@@H]2C)c1F. The van der Waals surface area contributed by atoms with E-state index in [2.05, 4.69) is 20.2 Å². The lowest BCUT2D eigenvalue weighted by Crippen LogP contribution is -2.39. The van der Waals surface area contributed by atoms with Gasteiger partial charge in [-0.1, -0.05) is 0 Å². The van der Waals surface area contributed by atoms with Crippen LogP contribution in [0.15, 0.2) is 30.5 Å². The number of ether oxygens (including phenoxy) is 2. The molecule has 0 aliphatic carbocycles. The summed E-state index contributed by atoms with van der Waals surface area (Å²) in [6.07, 6.45) is 0.516. The average molecular weight is 498 g/mol. The van der Waals surface area contributed by atoms with Crippen molar-refractivity contribution >= 4 is 33.7 Å². The molecule has 1 amide bonds. The Hall–Kier alpha value is -3.49. The van der Waals surface area contributed by atoms with Gasteiger partial charge < -0.3 is 9.47 Å². The Morgan fingerprint density at radius 1 is 1.36 bits per heavy atom. The van der Waals surface area contributed by atoms with Crippen LogP contribution in [0.3, 0.4) is 0 Å². The summed E-state index contributed by atoms with van der Waals surface area (Å²) in [5.41, 5.74) is 0.705. The molecule has 2 aromatic heterocycles. The predicted octanol–water partition coefficient (Wildman–Crippen LogP) is 2.74. The van der Waals surface area contributed by atoms with E-state index in [0.29, 0.717) is 11.3 Å². The number of aromatic amines is 1. The Bertz CT molecular complexity index is 1320. The Kier molecular flexibility index (Phi) is 6.05. The third-order valence-electron chi connectivity index (χ3n) is 4.80. The number of halogens is 2. The molecule has 1 aromatic carbocycles. The van der Waals surface area contributed by atoms with E-state index in [1.807, 2.05) is 9.44 Å². The van der Waals surface area contributed by atoms with Crippen molar-refractivity contribution in [2.75, 3.05) is 11.8 Å². The summed E-state index contributed by atoms with van der Waals surface area (Å²) >= 11 is 5.65. The molecule has 1 atom stereocenters. The van der Waals surface area contributed by atoms with Gasteiger partial charge in [-0.25, -0.2) is 24.0 Å². The minimum atomic E-state index is -3.97. The number of carbonyl (C=O) groups is 1. The largest absolute Gasteiger partial charge is 0.424 e. The highest BCUT2D eigenvalue weighted by atomic mass is 35.5. The highest BCUT2D eigenvalue weighted by Gasteiger charge is 2.33. The van der Waals surface area contributed by atoms with Crippen LogP contribution in [-0.2, 0) is 16.8 Å². The van der Waals surface area contributed by atoms with Gasteiger partial charge in [0.05, 0.1) is 12.6 Å². The molecule has 0 fully saturated rings. The Morgan fingerprint density at radius 3 is 2.85 bits per heavy atom. The van der Waals surface area contributed by atoms with Crippen molar-refractivity contribution in [2.45, 2.75) is 19.5 Å². The first-order chi connectivity index (χ1) is 15.7. The molecule has 15 heteroatoms. The number of carbonyl (C=O) groups excluding carboxylic acids is 1. The molecule has 4 rings (SSSR count). The number of nitrogens with one attached hydrogen (secondary N) is 3. The number of rotatable bonds is 7. The predicted molar refractivity (Wildman–Crippen MR) is 114 cm³/mol. The van der Waals surface area contributed by atoms with Gasteiger partial charge in [-0.3, -0.25) is 9.62 Å². The highest BCUT2D eigenvalue weighted by Crippen LogP contribution is 2.38. The summed E-state index contributed by atoms with van der Waals surface area (Å²) in [5.74, 6) is -0.799. The lowest BCUT2D eigenvalue weighted by molar-refractivity contribution is 0.116. The molecule has 0 spiro atoms. The number of aromatic nitrogens is 4. The third-order valence-corrected chi connectivity index (χ3v) is 5.96. The van der Waals surface area contributed by atoms with Gasteiger partial charge in [0.1, 0.15) is 11.5 Å². The van der Waals surface area contributed by atoms with Crippen molar-refractivity contribution in [3.05, 3.63) is 52.7 Å². The summed E-state index contributed by atoms with van der Waals surface area (Å²) in [6.45, 7) is 1.57. The van der Waals surface area contributed by atoms with Crippen molar-refractivity contribution in [2.24, 2.45) is 0 Å². The van der Waals surface area contributed by atoms with Gasteiger partial charge in [0.2, 0.25) is 5.28 Å². The molecule has 0 unspecified atom stereocenters. The molecule has 0 saturated carbocycles. The molecule has 174 valence electrons. The first-order valence-corrected chi connectivity index (χ1v) is 11.3. The van der Waals surface area contributed by atoms with Crippen LogP contribution in [0.4, 0.5) is 15.0 Å². The lowest BCUT2D eigenvalue weighted by atomic mass is 10.0. The van der Waals surface area contributed by atoms with Crippen LogP contribution in [0.2, 0.25) is 5.28 Å². The highest BCUT2D eigenvalue weighted by molar-refractivity contribution is 7.90. The van der Waals surface area contributed by atoms with E-state index in [4.69, 9.17) is 21.1 Å². The molecule has 0 bridgehead atoms. The molecule has 0 saturated heterocycles. The number of hydrogen-bond acceptors (Lipinski definition) is 8. The second-order valence-electron chi connectivity index (χ2n) is 6.83. The average Bonchev–Trinajstić information content (AvgIpc) is 3.17. The van der Waals surface area contributed by atoms with Crippen molar-refractivity contribution in [3.8, 4) is 17.5 Å². The monoisotopic (exact) mass is 497 g/mol. The molecular weight excluding hydrogens is 481 g/mol. The summed E-state index contributed by atoms with van der Waals surface area (Å²) in [7, 11) is -2.80. The fraction of sp³-hybridized carbons (Fsp3) is 0.222. The van der Waals surface area contributed by atoms with E-state index < -0.39 is 34.0 Å². The molecule has 3 aromatic rings. The first-order valence-electron chi connectivity index (χ1n) is 9.39. The maximum Gasteiger partial charge on any atom is 0.416 e. The van der Waals surface area contributed by atoms with Crippen LogP contribution in [0.25, 0.3) is 0 Å². The lowest BCUT2D eigenvalue weighted by Gasteiger charge is -2.34. The van der Waals surface area contributed by atoms with E-state index in [1.165, 1.54) is 30.3 Å². The molecule has 3 heterocycles. The first kappa shape index (κ1) is 22.7. The maximum absolute atomic E-state index is 14.9. The van der Waals surface area contributed by atoms with E-state index in [9.17, 15) is 17.6 Å². The molecule has 1 aliphatic rings. The van der Waals surface area contributed by atoms with Crippen LogP contribution in [-0.4, -0.2) is 46.6 Å². The van der Waals surface area contributed by atoms with Crippen LogP contribution in [0, 0.1) is 5.82 Å². The van der Waals surface area contributed by atoms with Gasteiger partial charge in [0, 0.05) is 30.4 Å². The Labute approximate surface area is 192 Å². The van der Waals surface area contributed by atoms with Crippen molar-refractivity contribution in [1.82, 2.24) is 29.8 Å². The fourth-order valence-corrected chi connectivity index (χ4v) is 3.73. The number of anilines is 1. The molecule has 0 radical (unpaired) electrons. The fourth-order valence-electron chi connectivity index (χ4n) is 3.12. The van der Waals surface area contributed by atoms with Crippen molar-refractivity contribution in [3.63, 3.8) is 0 Å². The number of H-pyrrole nitrogens is 1. The molecule has 12 nitrogen and oxygen atoms in total. The molecular formula is C18H17ClFN7O5S. The second kappa shape index (κ2) is 8.80. The molecule has 3 N–H and O–H groups in total. The minimum Gasteiger partial charge on any atom is -0.424 e.